The summed E-state index contributed by atoms with van der Waals surface area (Å²) in [6.45, 7) is 3.27. The van der Waals surface area contributed by atoms with Crippen LogP contribution in [0.4, 0.5) is 0 Å². The van der Waals surface area contributed by atoms with Gasteiger partial charge in [0.2, 0.25) is 0 Å². The van der Waals surface area contributed by atoms with Gasteiger partial charge in [-0.05, 0) is 55.1 Å². The molecule has 0 amide bonds. The first-order chi connectivity index (χ1) is 14.4. The maximum Gasteiger partial charge on any atom is 0.0541 e. The second kappa shape index (κ2) is 8.48. The minimum atomic E-state index is 0.377. The van der Waals surface area contributed by atoms with Crippen LogP contribution in [0, 0.1) is 5.92 Å². The number of nitrogens with one attached hydrogen (secondary N) is 1. The maximum atomic E-state index is 4.54. The average molecular weight is 384 g/mol. The lowest BCUT2D eigenvalue weighted by molar-refractivity contribution is 0.00456. The molecule has 0 spiro atoms. The van der Waals surface area contributed by atoms with Crippen LogP contribution in [0.1, 0.15) is 35.6 Å². The summed E-state index contributed by atoms with van der Waals surface area (Å²) in [6, 6.07) is 29.3. The Kier molecular flexibility index (Phi) is 5.42. The van der Waals surface area contributed by atoms with Crippen LogP contribution in [-0.2, 0) is 6.54 Å². The third-order valence-electron chi connectivity index (χ3n) is 6.78. The summed E-state index contributed by atoms with van der Waals surface area (Å²) in [5.41, 5.74) is 3.96. The molecule has 2 unspecified atom stereocenters. The molecule has 2 bridgehead atoms. The van der Waals surface area contributed by atoms with Crippen molar-refractivity contribution in [2.24, 2.45) is 5.92 Å². The third-order valence-corrected chi connectivity index (χ3v) is 6.78. The van der Waals surface area contributed by atoms with Crippen LogP contribution in [0.5, 0.6) is 0 Å². The molecule has 4 heterocycles. The van der Waals surface area contributed by atoms with Crippen LogP contribution in [0.3, 0.4) is 0 Å². The van der Waals surface area contributed by atoms with Gasteiger partial charge < -0.3 is 5.32 Å². The van der Waals surface area contributed by atoms with Gasteiger partial charge in [0, 0.05) is 30.7 Å². The van der Waals surface area contributed by atoms with Gasteiger partial charge in [-0.15, -0.1) is 0 Å². The first-order valence-corrected chi connectivity index (χ1v) is 10.9. The molecule has 3 aliphatic rings. The van der Waals surface area contributed by atoms with E-state index in [2.05, 4.69) is 88.0 Å². The van der Waals surface area contributed by atoms with E-state index in [1.165, 1.54) is 37.1 Å². The van der Waals surface area contributed by atoms with E-state index in [9.17, 15) is 0 Å². The van der Waals surface area contributed by atoms with Gasteiger partial charge in [0.25, 0.3) is 0 Å². The molecule has 3 aromatic rings. The Morgan fingerprint density at radius 3 is 2.03 bits per heavy atom. The van der Waals surface area contributed by atoms with Crippen LogP contribution in [0.15, 0.2) is 85.1 Å². The van der Waals surface area contributed by atoms with Crippen molar-refractivity contribution in [3.8, 4) is 0 Å². The highest BCUT2D eigenvalue weighted by Gasteiger charge is 2.46. The predicted octanol–water partition coefficient (Wildman–Crippen LogP) is 4.47. The van der Waals surface area contributed by atoms with E-state index in [4.69, 9.17) is 0 Å². The van der Waals surface area contributed by atoms with Crippen molar-refractivity contribution in [2.45, 2.75) is 37.4 Å². The van der Waals surface area contributed by atoms with Crippen molar-refractivity contribution in [2.75, 3.05) is 13.1 Å². The molecule has 29 heavy (non-hydrogen) atoms. The zero-order valence-electron chi connectivity index (χ0n) is 16.8. The van der Waals surface area contributed by atoms with E-state index in [0.717, 1.165) is 18.2 Å². The molecule has 6 rings (SSSR count). The lowest BCUT2D eigenvalue weighted by Crippen LogP contribution is -2.64. The fourth-order valence-corrected chi connectivity index (χ4v) is 5.42. The highest BCUT2D eigenvalue weighted by molar-refractivity contribution is 5.36. The molecule has 1 aromatic heterocycles. The van der Waals surface area contributed by atoms with Crippen LogP contribution in [0.2, 0.25) is 0 Å². The van der Waals surface area contributed by atoms with Crippen molar-refractivity contribution in [3.63, 3.8) is 0 Å². The number of aromatic nitrogens is 1. The van der Waals surface area contributed by atoms with E-state index in [-0.39, 0.29) is 0 Å². The zero-order chi connectivity index (χ0) is 19.5. The lowest BCUT2D eigenvalue weighted by Gasteiger charge is -2.54. The van der Waals surface area contributed by atoms with Gasteiger partial charge >= 0.3 is 0 Å². The predicted molar refractivity (Wildman–Crippen MR) is 118 cm³/mol. The quantitative estimate of drug-likeness (QED) is 0.681. The fourth-order valence-electron chi connectivity index (χ4n) is 5.42. The fraction of sp³-hybridized carbons (Fsp3) is 0.346. The number of pyridine rings is 1. The van der Waals surface area contributed by atoms with Crippen molar-refractivity contribution in [1.82, 2.24) is 15.2 Å². The molecule has 3 saturated heterocycles. The monoisotopic (exact) mass is 383 g/mol. The van der Waals surface area contributed by atoms with Crippen molar-refractivity contribution in [1.29, 1.82) is 0 Å². The van der Waals surface area contributed by atoms with E-state index < -0.39 is 0 Å². The largest absolute Gasteiger partial charge is 0.306 e. The summed E-state index contributed by atoms with van der Waals surface area (Å²) in [7, 11) is 0. The molecule has 0 radical (unpaired) electrons. The number of nitrogens with zero attached hydrogens (tertiary/aromatic N) is 2. The summed E-state index contributed by atoms with van der Waals surface area (Å²) in [5, 5.41) is 3.94. The Bertz CT molecular complexity index is 850. The Labute approximate surface area is 173 Å². The minimum Gasteiger partial charge on any atom is -0.306 e. The molecular weight excluding hydrogens is 354 g/mol. The summed E-state index contributed by atoms with van der Waals surface area (Å²) in [6.07, 6.45) is 4.49. The second-order valence-electron chi connectivity index (χ2n) is 8.39. The van der Waals surface area contributed by atoms with Crippen LogP contribution >= 0.6 is 0 Å². The number of hydrogen-bond donors (Lipinski definition) is 1. The van der Waals surface area contributed by atoms with E-state index >= 15 is 0 Å². The standard InChI is InChI=1S/C26H29N3/c1-3-9-20(10-4-1)24(21-11-5-2-6-12-21)26-25(22-14-17-29(26)18-15-22)28-19-23-13-7-8-16-27-23/h1-13,16,22,24-26,28H,14-15,17-19H2. The van der Waals surface area contributed by atoms with E-state index in [1.807, 2.05) is 12.3 Å². The molecule has 3 aliphatic heterocycles. The molecule has 148 valence electrons. The molecule has 0 saturated carbocycles. The molecule has 1 N–H and O–H groups in total. The molecule has 3 nitrogen and oxygen atoms in total. The third kappa shape index (κ3) is 3.85. The smallest absolute Gasteiger partial charge is 0.0541 e. The highest BCUT2D eigenvalue weighted by Crippen LogP contribution is 2.42. The first kappa shape index (κ1) is 18.5. The summed E-state index contributed by atoms with van der Waals surface area (Å²) < 4.78 is 0. The second-order valence-corrected chi connectivity index (χ2v) is 8.39. The maximum absolute atomic E-state index is 4.54. The van der Waals surface area contributed by atoms with Crippen LogP contribution < -0.4 is 5.32 Å². The number of fused-ring (bicyclic) bond motifs is 3. The van der Waals surface area contributed by atoms with Gasteiger partial charge in [-0.1, -0.05) is 66.7 Å². The molecule has 0 aliphatic carbocycles. The van der Waals surface area contributed by atoms with Gasteiger partial charge in [-0.2, -0.15) is 0 Å². The minimum absolute atomic E-state index is 0.377. The topological polar surface area (TPSA) is 28.2 Å². The van der Waals surface area contributed by atoms with E-state index in [1.54, 1.807) is 0 Å². The van der Waals surface area contributed by atoms with Crippen molar-refractivity contribution >= 4 is 0 Å². The number of rotatable bonds is 6. The molecular formula is C26H29N3. The molecule has 3 fully saturated rings. The van der Waals surface area contributed by atoms with Gasteiger partial charge in [0.05, 0.1) is 5.69 Å². The van der Waals surface area contributed by atoms with Crippen molar-refractivity contribution in [3.05, 3.63) is 102 Å². The Morgan fingerprint density at radius 1 is 0.828 bits per heavy atom. The number of benzene rings is 2. The summed E-state index contributed by atoms with van der Waals surface area (Å²) in [4.78, 5) is 7.27. The molecule has 3 heteroatoms. The Hall–Kier alpha value is -2.49. The van der Waals surface area contributed by atoms with Gasteiger partial charge in [-0.3, -0.25) is 9.88 Å². The summed E-state index contributed by atoms with van der Waals surface area (Å²) >= 11 is 0. The van der Waals surface area contributed by atoms with Crippen molar-refractivity contribution < 1.29 is 0 Å². The van der Waals surface area contributed by atoms with Gasteiger partial charge in [-0.25, -0.2) is 0 Å². The Morgan fingerprint density at radius 2 is 1.45 bits per heavy atom. The van der Waals surface area contributed by atoms with Gasteiger partial charge in [0.1, 0.15) is 0 Å². The molecule has 2 aromatic carbocycles. The highest BCUT2D eigenvalue weighted by atomic mass is 15.2. The average Bonchev–Trinajstić information content (AvgIpc) is 2.81. The SMILES string of the molecule is c1ccc(C(c2ccccc2)C2C(NCc3ccccn3)C3CCN2CC3)cc1. The summed E-state index contributed by atoms with van der Waals surface area (Å²) in [5.74, 6) is 1.12. The zero-order valence-corrected chi connectivity index (χ0v) is 16.8. The normalized spacial score (nSPS) is 26.0. The van der Waals surface area contributed by atoms with Gasteiger partial charge in [0.15, 0.2) is 0 Å². The van der Waals surface area contributed by atoms with Crippen LogP contribution in [-0.4, -0.2) is 35.1 Å². The van der Waals surface area contributed by atoms with E-state index in [0.29, 0.717) is 18.0 Å². The lowest BCUT2D eigenvalue weighted by atomic mass is 9.70. The number of hydrogen-bond acceptors (Lipinski definition) is 3. The Balaban J connectivity index is 1.50. The molecule has 2 atom stereocenters. The number of piperidine rings is 3. The first-order valence-electron chi connectivity index (χ1n) is 10.9. The van der Waals surface area contributed by atoms with Crippen LogP contribution in [0.25, 0.3) is 0 Å².